The Bertz CT molecular complexity index is 744. The molecule has 1 aliphatic carbocycles. The molecule has 1 aliphatic heterocycles. The predicted molar refractivity (Wildman–Crippen MR) is 98.0 cm³/mol. The zero-order valence-electron chi connectivity index (χ0n) is 14.9. The summed E-state index contributed by atoms with van der Waals surface area (Å²) >= 11 is 6.23. The first-order valence-electron chi connectivity index (χ1n) is 8.72. The Labute approximate surface area is 157 Å². The summed E-state index contributed by atoms with van der Waals surface area (Å²) in [6.45, 7) is 2.30. The number of halogens is 1. The van der Waals surface area contributed by atoms with E-state index in [0.29, 0.717) is 41.5 Å². The molecule has 1 saturated heterocycles. The molecular weight excluding hydrogens is 358 g/mol. The molecule has 1 aromatic rings. The van der Waals surface area contributed by atoms with Gasteiger partial charge in [0, 0.05) is 0 Å². The molecule has 0 aromatic heterocycles. The zero-order valence-corrected chi connectivity index (χ0v) is 15.6. The van der Waals surface area contributed by atoms with Crippen LogP contribution in [0.5, 0.6) is 11.5 Å². The van der Waals surface area contributed by atoms with Gasteiger partial charge in [0.1, 0.15) is 5.54 Å². The molecular formula is C18H22ClN3O4. The number of urea groups is 1. The van der Waals surface area contributed by atoms with E-state index in [1.54, 1.807) is 12.1 Å². The lowest BCUT2D eigenvalue weighted by molar-refractivity contribution is -0.132. The van der Waals surface area contributed by atoms with E-state index in [1.165, 1.54) is 13.3 Å². The van der Waals surface area contributed by atoms with Gasteiger partial charge in [-0.25, -0.2) is 4.79 Å². The number of methoxy groups -OCH3 is 1. The minimum Gasteiger partial charge on any atom is -0.493 e. The number of hydrogen-bond acceptors (Lipinski definition) is 5. The molecule has 140 valence electrons. The molecule has 3 amide bonds. The van der Waals surface area contributed by atoms with Gasteiger partial charge in [0.2, 0.25) is 0 Å². The van der Waals surface area contributed by atoms with Crippen molar-refractivity contribution in [2.75, 3.05) is 13.7 Å². The number of rotatable bonds is 5. The third kappa shape index (κ3) is 3.35. The summed E-state index contributed by atoms with van der Waals surface area (Å²) in [6, 6.07) is 2.85. The average molecular weight is 380 g/mol. The molecule has 0 radical (unpaired) electrons. The third-order valence-electron chi connectivity index (χ3n) is 4.71. The maximum atomic E-state index is 12.7. The van der Waals surface area contributed by atoms with Crippen LogP contribution in [0.1, 0.15) is 44.6 Å². The van der Waals surface area contributed by atoms with E-state index in [1.807, 2.05) is 6.92 Å². The molecule has 1 N–H and O–H groups in total. The monoisotopic (exact) mass is 379 g/mol. The number of amides is 3. The lowest BCUT2D eigenvalue weighted by Gasteiger charge is -2.29. The summed E-state index contributed by atoms with van der Waals surface area (Å²) in [5.41, 5.74) is -0.193. The largest absolute Gasteiger partial charge is 0.493 e. The number of hydrazone groups is 1. The lowest BCUT2D eigenvalue weighted by atomic mass is 9.82. The van der Waals surface area contributed by atoms with Gasteiger partial charge < -0.3 is 14.8 Å². The van der Waals surface area contributed by atoms with Crippen molar-refractivity contribution in [2.45, 2.75) is 44.6 Å². The van der Waals surface area contributed by atoms with Crippen molar-refractivity contribution in [3.05, 3.63) is 22.7 Å². The summed E-state index contributed by atoms with van der Waals surface area (Å²) in [5, 5.41) is 8.18. The fraction of sp³-hybridized carbons (Fsp3) is 0.500. The number of nitrogens with zero attached hydrogens (tertiary/aromatic N) is 2. The molecule has 0 bridgehead atoms. The Morgan fingerprint density at radius 3 is 2.69 bits per heavy atom. The van der Waals surface area contributed by atoms with Crippen molar-refractivity contribution in [3.8, 4) is 11.5 Å². The number of ether oxygens (including phenoxy) is 2. The lowest BCUT2D eigenvalue weighted by Crippen LogP contribution is -2.48. The molecule has 8 heteroatoms. The minimum atomic E-state index is -0.791. The van der Waals surface area contributed by atoms with Gasteiger partial charge in [0.25, 0.3) is 5.91 Å². The molecule has 1 heterocycles. The SMILES string of the molecule is CCOc1c(Cl)cc(/C=N\N2C(=O)NC3(CCCCC3)C2=O)cc1OC. The van der Waals surface area contributed by atoms with E-state index in [4.69, 9.17) is 21.1 Å². The Morgan fingerprint density at radius 2 is 2.04 bits per heavy atom. The highest BCUT2D eigenvalue weighted by atomic mass is 35.5. The van der Waals surface area contributed by atoms with Gasteiger partial charge in [0.15, 0.2) is 11.5 Å². The summed E-state index contributed by atoms with van der Waals surface area (Å²) in [4.78, 5) is 24.9. The van der Waals surface area contributed by atoms with E-state index < -0.39 is 11.6 Å². The van der Waals surface area contributed by atoms with Crippen molar-refractivity contribution in [1.82, 2.24) is 10.3 Å². The quantitative estimate of drug-likeness (QED) is 0.628. The number of hydrogen-bond donors (Lipinski definition) is 1. The summed E-state index contributed by atoms with van der Waals surface area (Å²) < 4.78 is 10.8. The highest BCUT2D eigenvalue weighted by molar-refractivity contribution is 6.32. The number of imide groups is 1. The summed E-state index contributed by atoms with van der Waals surface area (Å²) in [5.74, 6) is 0.620. The fourth-order valence-electron chi connectivity index (χ4n) is 3.43. The Hall–Kier alpha value is -2.28. The fourth-order valence-corrected chi connectivity index (χ4v) is 3.70. The average Bonchev–Trinajstić information content (AvgIpc) is 2.85. The standard InChI is InChI=1S/C18H22ClN3O4/c1-3-26-15-13(19)9-12(10-14(15)25-2)11-20-22-16(23)18(21-17(22)24)7-5-4-6-8-18/h9-11H,3-8H2,1-2H3,(H,21,24)/b20-11-. The van der Waals surface area contributed by atoms with Gasteiger partial charge in [0.05, 0.1) is 25.0 Å². The molecule has 1 aromatic carbocycles. The van der Waals surface area contributed by atoms with Crippen LogP contribution in [0.15, 0.2) is 17.2 Å². The van der Waals surface area contributed by atoms with E-state index in [0.717, 1.165) is 24.3 Å². The van der Waals surface area contributed by atoms with Gasteiger partial charge in [-0.1, -0.05) is 30.9 Å². The van der Waals surface area contributed by atoms with E-state index in [9.17, 15) is 9.59 Å². The zero-order chi connectivity index (χ0) is 18.7. The second kappa shape index (κ2) is 7.53. The first-order valence-corrected chi connectivity index (χ1v) is 9.09. The Kier molecular flexibility index (Phi) is 5.36. The summed E-state index contributed by atoms with van der Waals surface area (Å²) in [7, 11) is 1.51. The molecule has 26 heavy (non-hydrogen) atoms. The number of nitrogens with one attached hydrogen (secondary N) is 1. The smallest absolute Gasteiger partial charge is 0.346 e. The van der Waals surface area contributed by atoms with E-state index in [-0.39, 0.29) is 5.91 Å². The maximum Gasteiger partial charge on any atom is 0.346 e. The van der Waals surface area contributed by atoms with Crippen LogP contribution in [-0.2, 0) is 4.79 Å². The van der Waals surface area contributed by atoms with Gasteiger partial charge in [-0.2, -0.15) is 5.10 Å². The second-order valence-corrected chi connectivity index (χ2v) is 6.81. The number of carbonyl (C=O) groups excluding carboxylic acids is 2. The van der Waals surface area contributed by atoms with Gasteiger partial charge in [-0.05, 0) is 37.5 Å². The van der Waals surface area contributed by atoms with E-state index >= 15 is 0 Å². The van der Waals surface area contributed by atoms with Crippen LogP contribution >= 0.6 is 11.6 Å². The van der Waals surface area contributed by atoms with Crippen LogP contribution in [0.3, 0.4) is 0 Å². The molecule has 0 unspecified atom stereocenters. The Morgan fingerprint density at radius 1 is 1.31 bits per heavy atom. The van der Waals surface area contributed by atoms with E-state index in [2.05, 4.69) is 10.4 Å². The van der Waals surface area contributed by atoms with Gasteiger partial charge in [-0.3, -0.25) is 4.79 Å². The minimum absolute atomic E-state index is 0.289. The molecule has 0 atom stereocenters. The highest BCUT2D eigenvalue weighted by Crippen LogP contribution is 2.36. The van der Waals surface area contributed by atoms with Crippen molar-refractivity contribution in [1.29, 1.82) is 0 Å². The molecule has 1 spiro atoms. The highest BCUT2D eigenvalue weighted by Gasteiger charge is 2.51. The first-order chi connectivity index (χ1) is 12.5. The Balaban J connectivity index is 1.82. The first kappa shape index (κ1) is 18.5. The second-order valence-electron chi connectivity index (χ2n) is 6.40. The van der Waals surface area contributed by atoms with Crippen LogP contribution < -0.4 is 14.8 Å². The van der Waals surface area contributed by atoms with Gasteiger partial charge >= 0.3 is 6.03 Å². The van der Waals surface area contributed by atoms with Crippen LogP contribution in [0, 0.1) is 0 Å². The predicted octanol–water partition coefficient (Wildman–Crippen LogP) is 3.34. The maximum absolute atomic E-state index is 12.7. The van der Waals surface area contributed by atoms with Crippen LogP contribution in [0.2, 0.25) is 5.02 Å². The topological polar surface area (TPSA) is 80.2 Å². The van der Waals surface area contributed by atoms with Crippen molar-refractivity contribution >= 4 is 29.8 Å². The molecule has 7 nitrogen and oxygen atoms in total. The molecule has 2 fully saturated rings. The summed E-state index contributed by atoms with van der Waals surface area (Å²) in [6.07, 6.45) is 5.67. The van der Waals surface area contributed by atoms with Crippen LogP contribution in [0.25, 0.3) is 0 Å². The van der Waals surface area contributed by atoms with Crippen LogP contribution in [-0.4, -0.2) is 42.4 Å². The van der Waals surface area contributed by atoms with Crippen molar-refractivity contribution < 1.29 is 19.1 Å². The number of carbonyl (C=O) groups is 2. The number of benzene rings is 1. The molecule has 3 rings (SSSR count). The van der Waals surface area contributed by atoms with Crippen molar-refractivity contribution in [3.63, 3.8) is 0 Å². The molecule has 2 aliphatic rings. The third-order valence-corrected chi connectivity index (χ3v) is 4.99. The van der Waals surface area contributed by atoms with Crippen LogP contribution in [0.4, 0.5) is 4.79 Å². The molecule has 1 saturated carbocycles. The van der Waals surface area contributed by atoms with Gasteiger partial charge in [-0.15, -0.1) is 5.01 Å². The van der Waals surface area contributed by atoms with Crippen molar-refractivity contribution in [2.24, 2.45) is 5.10 Å². The normalized spacial score (nSPS) is 19.3.